The highest BCUT2D eigenvalue weighted by atomic mass is 16.5. The van der Waals surface area contributed by atoms with Gasteiger partial charge in [-0.15, -0.1) is 10.1 Å². The quantitative estimate of drug-likeness (QED) is 0.779. The number of hydrazine groups is 1. The van der Waals surface area contributed by atoms with Crippen LogP contribution in [0, 0.1) is 0 Å². The number of ether oxygens (including phenoxy) is 2. The molecule has 1 aliphatic rings. The molecule has 0 bridgehead atoms. The van der Waals surface area contributed by atoms with Gasteiger partial charge in [0.05, 0.1) is 20.6 Å². The summed E-state index contributed by atoms with van der Waals surface area (Å²) in [5.41, 5.74) is 3.68. The van der Waals surface area contributed by atoms with Crippen molar-refractivity contribution in [3.63, 3.8) is 0 Å². The van der Waals surface area contributed by atoms with Gasteiger partial charge >= 0.3 is 0 Å². The van der Waals surface area contributed by atoms with Crippen molar-refractivity contribution in [2.75, 3.05) is 20.8 Å². The lowest BCUT2D eigenvalue weighted by atomic mass is 10.2. The molecular weight excluding hydrogens is 220 g/mol. The van der Waals surface area contributed by atoms with Gasteiger partial charge in [-0.2, -0.15) is 0 Å². The number of hydrazone groups is 1. The summed E-state index contributed by atoms with van der Waals surface area (Å²) in [7, 11) is 3.20. The highest BCUT2D eigenvalue weighted by Crippen LogP contribution is 2.26. The number of benzene rings is 1. The van der Waals surface area contributed by atoms with Crippen LogP contribution in [0.3, 0.4) is 0 Å². The van der Waals surface area contributed by atoms with Crippen LogP contribution in [0.2, 0.25) is 0 Å². The van der Waals surface area contributed by atoms with Gasteiger partial charge in [0, 0.05) is 5.56 Å². The van der Waals surface area contributed by atoms with E-state index in [9.17, 15) is 4.79 Å². The van der Waals surface area contributed by atoms with E-state index < -0.39 is 0 Å². The Kier molecular flexibility index (Phi) is 3.27. The molecule has 1 heterocycles. The lowest BCUT2D eigenvalue weighted by Gasteiger charge is -2.06. The predicted octanol–water partition coefficient (Wildman–Crippen LogP) is 0.570. The number of amides is 1. The third kappa shape index (κ3) is 2.55. The first-order valence-electron chi connectivity index (χ1n) is 5.36. The van der Waals surface area contributed by atoms with E-state index in [4.69, 9.17) is 9.47 Å². The molecule has 0 saturated carbocycles. The van der Waals surface area contributed by atoms with Gasteiger partial charge in [0.15, 0.2) is 18.0 Å². The average molecular weight is 235 g/mol. The van der Waals surface area contributed by atoms with Crippen LogP contribution in [-0.4, -0.2) is 37.6 Å². The maximum atomic E-state index is 11.0. The predicted molar refractivity (Wildman–Crippen MR) is 62.6 cm³/mol. The number of rotatable bonds is 3. The van der Waals surface area contributed by atoms with Crippen molar-refractivity contribution >= 4 is 12.1 Å². The molecule has 0 aromatic heterocycles. The van der Waals surface area contributed by atoms with Crippen LogP contribution in [-0.2, 0) is 4.79 Å². The number of carbonyl (C=O) groups excluding carboxylic acids is 1. The molecule has 90 valence electrons. The van der Waals surface area contributed by atoms with Crippen molar-refractivity contribution in [1.82, 2.24) is 5.43 Å². The van der Waals surface area contributed by atoms with E-state index in [1.54, 1.807) is 18.9 Å². The van der Waals surface area contributed by atoms with Crippen LogP contribution in [0.1, 0.15) is 12.0 Å². The minimum atomic E-state index is 0.0433. The second-order valence-corrected chi connectivity index (χ2v) is 3.72. The topological polar surface area (TPSA) is 50.6 Å². The third-order valence-corrected chi connectivity index (χ3v) is 2.56. The van der Waals surface area contributed by atoms with E-state index in [1.807, 2.05) is 24.4 Å². The van der Waals surface area contributed by atoms with Crippen LogP contribution in [0.15, 0.2) is 18.2 Å². The highest BCUT2D eigenvalue weighted by Gasteiger charge is 2.20. The van der Waals surface area contributed by atoms with Gasteiger partial charge in [0.25, 0.3) is 5.91 Å². The Labute approximate surface area is 99.6 Å². The van der Waals surface area contributed by atoms with Crippen molar-refractivity contribution in [3.8, 4) is 11.5 Å². The first-order valence-corrected chi connectivity index (χ1v) is 5.36. The SMILES string of the molecule is COc1ccc(/C=[N+]2/CCC(=O)N2)cc1OC. The zero-order valence-corrected chi connectivity index (χ0v) is 9.90. The lowest BCUT2D eigenvalue weighted by Crippen LogP contribution is -2.25. The summed E-state index contributed by atoms with van der Waals surface area (Å²) in [4.78, 5) is 11.0. The summed E-state index contributed by atoms with van der Waals surface area (Å²) >= 11 is 0. The molecule has 2 rings (SSSR count). The van der Waals surface area contributed by atoms with Gasteiger partial charge in [-0.1, -0.05) is 0 Å². The fourth-order valence-corrected chi connectivity index (χ4v) is 1.70. The lowest BCUT2D eigenvalue weighted by molar-refractivity contribution is -0.553. The van der Waals surface area contributed by atoms with Crippen LogP contribution in [0.25, 0.3) is 0 Å². The minimum Gasteiger partial charge on any atom is -0.493 e. The van der Waals surface area contributed by atoms with E-state index in [-0.39, 0.29) is 5.91 Å². The van der Waals surface area contributed by atoms with Crippen molar-refractivity contribution in [2.24, 2.45) is 0 Å². The van der Waals surface area contributed by atoms with Gasteiger partial charge < -0.3 is 9.47 Å². The molecule has 17 heavy (non-hydrogen) atoms. The first kappa shape index (κ1) is 11.4. The molecule has 1 aliphatic heterocycles. The van der Waals surface area contributed by atoms with Crippen LogP contribution in [0.4, 0.5) is 0 Å². The Morgan fingerprint density at radius 2 is 2.06 bits per heavy atom. The molecule has 1 aromatic carbocycles. The molecule has 1 fully saturated rings. The molecule has 5 nitrogen and oxygen atoms in total. The zero-order chi connectivity index (χ0) is 12.3. The van der Waals surface area contributed by atoms with E-state index in [2.05, 4.69) is 5.43 Å². The molecule has 1 aromatic rings. The summed E-state index contributed by atoms with van der Waals surface area (Å²) in [6.07, 6.45) is 2.40. The summed E-state index contributed by atoms with van der Waals surface area (Å²) in [6.45, 7) is 0.688. The van der Waals surface area contributed by atoms with E-state index in [0.29, 0.717) is 24.5 Å². The molecule has 0 unspecified atom stereocenters. The molecular formula is C12H15N2O3+. The van der Waals surface area contributed by atoms with E-state index in [0.717, 1.165) is 5.56 Å². The number of carbonyl (C=O) groups is 1. The fraction of sp³-hybridized carbons (Fsp3) is 0.333. The Hall–Kier alpha value is -2.04. The van der Waals surface area contributed by atoms with Crippen molar-refractivity contribution in [3.05, 3.63) is 23.8 Å². The second kappa shape index (κ2) is 4.86. The van der Waals surface area contributed by atoms with Crippen LogP contribution < -0.4 is 14.9 Å². The molecule has 0 radical (unpaired) electrons. The number of methoxy groups -OCH3 is 2. The molecule has 1 N–H and O–H groups in total. The maximum Gasteiger partial charge on any atom is 0.280 e. The number of nitrogens with zero attached hydrogens (tertiary/aromatic N) is 1. The summed E-state index contributed by atoms with van der Waals surface area (Å²) < 4.78 is 12.1. The second-order valence-electron chi connectivity index (χ2n) is 3.72. The number of hydrogen-bond acceptors (Lipinski definition) is 3. The Morgan fingerprint density at radius 3 is 2.65 bits per heavy atom. The number of hydrogen-bond donors (Lipinski definition) is 1. The fourth-order valence-electron chi connectivity index (χ4n) is 1.70. The summed E-state index contributed by atoms with van der Waals surface area (Å²) in [6, 6.07) is 5.61. The van der Waals surface area contributed by atoms with Crippen molar-refractivity contribution in [1.29, 1.82) is 0 Å². The van der Waals surface area contributed by atoms with E-state index in [1.165, 1.54) is 0 Å². The molecule has 5 heteroatoms. The van der Waals surface area contributed by atoms with E-state index >= 15 is 0 Å². The Bertz CT molecular complexity index is 469. The van der Waals surface area contributed by atoms with Gasteiger partial charge in [-0.05, 0) is 18.2 Å². The monoisotopic (exact) mass is 235 g/mol. The summed E-state index contributed by atoms with van der Waals surface area (Å²) in [5.74, 6) is 1.41. The normalized spacial score (nSPS) is 17.1. The third-order valence-electron chi connectivity index (χ3n) is 2.56. The Morgan fingerprint density at radius 1 is 1.29 bits per heavy atom. The summed E-state index contributed by atoms with van der Waals surface area (Å²) in [5, 5.41) is 0. The maximum absolute atomic E-state index is 11.0. The van der Waals surface area contributed by atoms with Crippen molar-refractivity contribution in [2.45, 2.75) is 6.42 Å². The zero-order valence-electron chi connectivity index (χ0n) is 9.90. The standard InChI is InChI=1S/C12H14N2O3/c1-16-10-4-3-9(7-11(10)17-2)8-14-6-5-12(15)13-14/h3-4,7-8H,5-6H2,1-2H3/p+1/b14-8-. The van der Waals surface area contributed by atoms with Gasteiger partial charge in [-0.3, -0.25) is 4.79 Å². The average Bonchev–Trinajstić information content (AvgIpc) is 2.74. The Balaban J connectivity index is 2.25. The van der Waals surface area contributed by atoms with Gasteiger partial charge in [0.2, 0.25) is 6.21 Å². The van der Waals surface area contributed by atoms with Crippen LogP contribution in [0.5, 0.6) is 11.5 Å². The highest BCUT2D eigenvalue weighted by molar-refractivity contribution is 5.80. The molecule has 1 saturated heterocycles. The molecule has 0 atom stereocenters. The first-order chi connectivity index (χ1) is 8.22. The molecule has 1 amide bonds. The largest absolute Gasteiger partial charge is 0.493 e. The number of nitrogens with one attached hydrogen (secondary N) is 1. The van der Waals surface area contributed by atoms with Gasteiger partial charge in [-0.25, -0.2) is 0 Å². The van der Waals surface area contributed by atoms with Crippen molar-refractivity contribution < 1.29 is 19.0 Å². The van der Waals surface area contributed by atoms with Gasteiger partial charge in [0.1, 0.15) is 0 Å². The molecule has 0 spiro atoms. The van der Waals surface area contributed by atoms with Crippen LogP contribution >= 0.6 is 0 Å². The minimum absolute atomic E-state index is 0.0433. The smallest absolute Gasteiger partial charge is 0.280 e. The molecule has 0 aliphatic carbocycles.